The van der Waals surface area contributed by atoms with Gasteiger partial charge in [0, 0.05) is 18.6 Å². The number of esters is 1. The molecule has 0 fully saturated rings. The summed E-state index contributed by atoms with van der Waals surface area (Å²) in [6.45, 7) is 1.45. The minimum atomic E-state index is -0.664. The van der Waals surface area contributed by atoms with Crippen LogP contribution in [0, 0.1) is 0 Å². The predicted molar refractivity (Wildman–Crippen MR) is 125 cm³/mol. The number of para-hydroxylation sites is 1. The van der Waals surface area contributed by atoms with E-state index in [-0.39, 0.29) is 35.4 Å². The number of fused-ring (bicyclic) bond motifs is 1. The number of aromatic nitrogens is 4. The fourth-order valence-electron chi connectivity index (χ4n) is 3.52. The van der Waals surface area contributed by atoms with Gasteiger partial charge in [-0.25, -0.2) is 14.6 Å². The van der Waals surface area contributed by atoms with Gasteiger partial charge in [-0.05, 0) is 42.8 Å². The van der Waals surface area contributed by atoms with E-state index in [0.717, 1.165) is 4.57 Å². The van der Waals surface area contributed by atoms with Gasteiger partial charge in [0.1, 0.15) is 6.54 Å². The van der Waals surface area contributed by atoms with Crippen LogP contribution in [0.4, 0.5) is 5.69 Å². The van der Waals surface area contributed by atoms with Crippen molar-refractivity contribution in [3.05, 3.63) is 99.1 Å². The smallest absolute Gasteiger partial charge is 0.340 e. The van der Waals surface area contributed by atoms with E-state index in [1.807, 2.05) is 0 Å². The molecule has 3 aromatic heterocycles. The number of rotatable bonds is 7. The molecule has 0 radical (unpaired) electrons. The van der Waals surface area contributed by atoms with Crippen LogP contribution in [-0.4, -0.2) is 37.6 Å². The van der Waals surface area contributed by atoms with E-state index in [1.165, 1.54) is 16.8 Å². The Kier molecular flexibility index (Phi) is 6.58. The highest BCUT2D eigenvalue weighted by Gasteiger charge is 2.18. The summed E-state index contributed by atoms with van der Waals surface area (Å²) in [5.41, 5.74) is 0.163. The van der Waals surface area contributed by atoms with E-state index in [2.05, 4.69) is 15.3 Å². The Balaban J connectivity index is 1.71. The number of amides is 1. The van der Waals surface area contributed by atoms with Gasteiger partial charge in [0.25, 0.3) is 5.56 Å². The van der Waals surface area contributed by atoms with Crippen LogP contribution in [0.5, 0.6) is 0 Å². The molecule has 0 atom stereocenters. The molecule has 34 heavy (non-hydrogen) atoms. The van der Waals surface area contributed by atoms with Crippen molar-refractivity contribution in [2.75, 3.05) is 11.9 Å². The highest BCUT2D eigenvalue weighted by molar-refractivity contribution is 6.01. The maximum Gasteiger partial charge on any atom is 0.340 e. The van der Waals surface area contributed by atoms with Crippen molar-refractivity contribution >= 4 is 28.6 Å². The average molecular weight is 459 g/mol. The van der Waals surface area contributed by atoms with Crippen molar-refractivity contribution in [2.24, 2.45) is 0 Å². The second kappa shape index (κ2) is 9.90. The van der Waals surface area contributed by atoms with Gasteiger partial charge < -0.3 is 10.1 Å². The zero-order valence-electron chi connectivity index (χ0n) is 18.3. The minimum absolute atomic E-state index is 0.0225. The number of hydrogen-bond acceptors (Lipinski definition) is 7. The first-order chi connectivity index (χ1) is 16.5. The lowest BCUT2D eigenvalue weighted by atomic mass is 10.2. The van der Waals surface area contributed by atoms with Crippen LogP contribution in [0.1, 0.15) is 22.8 Å². The zero-order valence-corrected chi connectivity index (χ0v) is 18.3. The molecule has 172 valence electrons. The van der Waals surface area contributed by atoms with E-state index < -0.39 is 29.7 Å². The molecular formula is C24H21N5O5. The Morgan fingerprint density at radius 3 is 2.56 bits per heavy atom. The second-order valence-corrected chi connectivity index (χ2v) is 7.31. The molecule has 0 bridgehead atoms. The monoisotopic (exact) mass is 459 g/mol. The van der Waals surface area contributed by atoms with E-state index >= 15 is 0 Å². The van der Waals surface area contributed by atoms with Crippen LogP contribution in [0.2, 0.25) is 0 Å². The van der Waals surface area contributed by atoms with Crippen molar-refractivity contribution in [1.82, 2.24) is 19.1 Å². The first kappa shape index (κ1) is 22.6. The summed E-state index contributed by atoms with van der Waals surface area (Å²) in [6.07, 6.45) is 4.59. The molecule has 10 nitrogen and oxygen atoms in total. The number of carbonyl (C=O) groups is 2. The van der Waals surface area contributed by atoms with Crippen molar-refractivity contribution in [1.29, 1.82) is 0 Å². The molecule has 4 aromatic rings. The molecule has 10 heteroatoms. The molecule has 4 rings (SSSR count). The number of hydrogen-bond donors (Lipinski definition) is 1. The van der Waals surface area contributed by atoms with Crippen molar-refractivity contribution < 1.29 is 14.3 Å². The van der Waals surface area contributed by atoms with Gasteiger partial charge in [0.2, 0.25) is 5.91 Å². The minimum Gasteiger partial charge on any atom is -0.462 e. The molecule has 0 saturated carbocycles. The summed E-state index contributed by atoms with van der Waals surface area (Å²) in [7, 11) is 0. The van der Waals surface area contributed by atoms with E-state index in [0.29, 0.717) is 5.56 Å². The highest BCUT2D eigenvalue weighted by Crippen LogP contribution is 2.16. The lowest BCUT2D eigenvalue weighted by Gasteiger charge is -2.14. The van der Waals surface area contributed by atoms with Crippen LogP contribution in [0.3, 0.4) is 0 Å². The molecule has 0 unspecified atom stereocenters. The fraction of sp³-hybridized carbons (Fsp3) is 0.167. The summed E-state index contributed by atoms with van der Waals surface area (Å²) in [5.74, 6) is -1.13. The van der Waals surface area contributed by atoms with Crippen LogP contribution in [0.15, 0.2) is 76.7 Å². The van der Waals surface area contributed by atoms with Gasteiger partial charge >= 0.3 is 11.7 Å². The molecule has 0 aliphatic heterocycles. The molecule has 1 N–H and O–H groups in total. The lowest BCUT2D eigenvalue weighted by Crippen LogP contribution is -2.42. The van der Waals surface area contributed by atoms with Gasteiger partial charge in [-0.2, -0.15) is 0 Å². The number of nitrogens with one attached hydrogen (secondary N) is 1. The maximum absolute atomic E-state index is 13.3. The lowest BCUT2D eigenvalue weighted by molar-refractivity contribution is -0.116. The SMILES string of the molecule is CCOC(=O)c1ccccc1NC(=O)Cn1c(=O)n(Cc2cccnc2)c(=O)c2ncccc21. The largest absolute Gasteiger partial charge is 0.462 e. The average Bonchev–Trinajstić information content (AvgIpc) is 2.85. The van der Waals surface area contributed by atoms with Crippen molar-refractivity contribution in [2.45, 2.75) is 20.0 Å². The Morgan fingerprint density at radius 1 is 1.00 bits per heavy atom. The summed E-state index contributed by atoms with van der Waals surface area (Å²) < 4.78 is 7.24. The number of carbonyl (C=O) groups excluding carboxylic acids is 2. The van der Waals surface area contributed by atoms with E-state index in [4.69, 9.17) is 4.74 Å². The maximum atomic E-state index is 13.3. The fourth-order valence-corrected chi connectivity index (χ4v) is 3.52. The predicted octanol–water partition coefficient (Wildman–Crippen LogP) is 1.82. The Morgan fingerprint density at radius 2 is 1.79 bits per heavy atom. The van der Waals surface area contributed by atoms with Crippen LogP contribution >= 0.6 is 0 Å². The van der Waals surface area contributed by atoms with Gasteiger partial charge in [-0.3, -0.25) is 23.7 Å². The number of anilines is 1. The Labute approximate surface area is 193 Å². The summed E-state index contributed by atoms with van der Waals surface area (Å²) in [5, 5.41) is 2.66. The Hall–Kier alpha value is -4.60. The highest BCUT2D eigenvalue weighted by atomic mass is 16.5. The number of nitrogens with zero attached hydrogens (tertiary/aromatic N) is 4. The number of ether oxygens (including phenoxy) is 1. The number of benzene rings is 1. The third-order valence-corrected chi connectivity index (χ3v) is 5.05. The van der Waals surface area contributed by atoms with Crippen LogP contribution in [-0.2, 0) is 22.6 Å². The van der Waals surface area contributed by atoms with Gasteiger partial charge in [-0.15, -0.1) is 0 Å². The molecule has 0 spiro atoms. The van der Waals surface area contributed by atoms with Crippen molar-refractivity contribution in [3.8, 4) is 0 Å². The van der Waals surface area contributed by atoms with E-state index in [1.54, 1.807) is 61.8 Å². The van der Waals surface area contributed by atoms with Crippen molar-refractivity contribution in [3.63, 3.8) is 0 Å². The topological polar surface area (TPSA) is 125 Å². The quantitative estimate of drug-likeness (QED) is 0.418. The zero-order chi connectivity index (χ0) is 24.1. The molecular weight excluding hydrogens is 438 g/mol. The summed E-state index contributed by atoms with van der Waals surface area (Å²) in [4.78, 5) is 59.5. The number of pyridine rings is 2. The molecule has 3 heterocycles. The normalized spacial score (nSPS) is 10.7. The van der Waals surface area contributed by atoms with Gasteiger partial charge in [0.15, 0.2) is 5.52 Å². The van der Waals surface area contributed by atoms with Crippen LogP contribution < -0.4 is 16.6 Å². The molecule has 1 amide bonds. The molecule has 0 aliphatic rings. The van der Waals surface area contributed by atoms with E-state index in [9.17, 15) is 19.2 Å². The Bertz CT molecular complexity index is 1480. The third kappa shape index (κ3) is 4.60. The molecule has 0 saturated heterocycles. The summed E-state index contributed by atoms with van der Waals surface area (Å²) >= 11 is 0. The molecule has 0 aliphatic carbocycles. The molecule has 1 aromatic carbocycles. The van der Waals surface area contributed by atoms with Crippen LogP contribution in [0.25, 0.3) is 11.0 Å². The third-order valence-electron chi connectivity index (χ3n) is 5.05. The summed E-state index contributed by atoms with van der Waals surface area (Å²) in [6, 6.07) is 13.0. The van der Waals surface area contributed by atoms with Gasteiger partial charge in [0.05, 0.1) is 29.9 Å². The first-order valence-corrected chi connectivity index (χ1v) is 10.5. The van der Waals surface area contributed by atoms with Gasteiger partial charge in [-0.1, -0.05) is 18.2 Å². The second-order valence-electron chi connectivity index (χ2n) is 7.31. The standard InChI is InChI=1S/C24H21N5O5/c1-2-34-23(32)17-8-3-4-9-18(17)27-20(30)15-28-19-10-6-12-26-21(19)22(31)29(24(28)33)14-16-7-5-11-25-13-16/h3-13H,2,14-15H2,1H3,(H,27,30). The first-order valence-electron chi connectivity index (χ1n) is 10.5.